The molecule has 0 atom stereocenters. The first-order valence-corrected chi connectivity index (χ1v) is 6.47. The normalized spacial score (nSPS) is 10.4. The van der Waals surface area contributed by atoms with Crippen LogP contribution in [0.2, 0.25) is 5.02 Å². The molecule has 0 saturated carbocycles. The van der Waals surface area contributed by atoms with Gasteiger partial charge in [0.15, 0.2) is 11.5 Å². The highest BCUT2D eigenvalue weighted by Crippen LogP contribution is 2.33. The number of hydrogen-bond acceptors (Lipinski definition) is 6. The van der Waals surface area contributed by atoms with Crippen molar-refractivity contribution in [1.29, 1.82) is 0 Å². The highest BCUT2D eigenvalue weighted by Gasteiger charge is 2.11. The zero-order chi connectivity index (χ0) is 14.5. The highest BCUT2D eigenvalue weighted by molar-refractivity contribution is 6.31. The zero-order valence-electron chi connectivity index (χ0n) is 11.6. The predicted molar refractivity (Wildman–Crippen MR) is 75.4 cm³/mol. The molecule has 0 fully saturated rings. The summed E-state index contributed by atoms with van der Waals surface area (Å²) in [5.74, 6) is 1.82. The minimum absolute atomic E-state index is 0.486. The Morgan fingerprint density at radius 3 is 2.60 bits per heavy atom. The van der Waals surface area contributed by atoms with Gasteiger partial charge in [0.25, 0.3) is 0 Å². The van der Waals surface area contributed by atoms with Gasteiger partial charge in [0.05, 0.1) is 14.2 Å². The Labute approximate surface area is 121 Å². The summed E-state index contributed by atoms with van der Waals surface area (Å²) in [7, 11) is 3.15. The minimum atomic E-state index is 0.486. The lowest BCUT2D eigenvalue weighted by Crippen LogP contribution is -2.08. The van der Waals surface area contributed by atoms with E-state index in [0.29, 0.717) is 35.6 Å². The molecule has 0 aliphatic carbocycles. The monoisotopic (exact) mass is 297 g/mol. The van der Waals surface area contributed by atoms with Crippen LogP contribution in [0.15, 0.2) is 12.1 Å². The van der Waals surface area contributed by atoms with Gasteiger partial charge < -0.3 is 14.8 Å². The van der Waals surface area contributed by atoms with Gasteiger partial charge in [0, 0.05) is 24.2 Å². The van der Waals surface area contributed by atoms with Crippen molar-refractivity contribution in [3.63, 3.8) is 0 Å². The van der Waals surface area contributed by atoms with Gasteiger partial charge in [-0.3, -0.25) is 0 Å². The van der Waals surface area contributed by atoms with Crippen LogP contribution in [0.1, 0.15) is 12.5 Å². The Balaban J connectivity index is 2.17. The fraction of sp³-hybridized carbons (Fsp3) is 0.417. The molecule has 0 amide bonds. The van der Waals surface area contributed by atoms with Crippen molar-refractivity contribution in [1.82, 2.24) is 20.2 Å². The van der Waals surface area contributed by atoms with E-state index in [1.165, 1.54) is 0 Å². The van der Waals surface area contributed by atoms with Crippen LogP contribution in [0.3, 0.4) is 0 Å². The summed E-state index contributed by atoms with van der Waals surface area (Å²) in [4.78, 5) is 0. The van der Waals surface area contributed by atoms with E-state index in [2.05, 4.69) is 20.8 Å². The fourth-order valence-electron chi connectivity index (χ4n) is 1.75. The summed E-state index contributed by atoms with van der Waals surface area (Å²) in [5.41, 5.74) is 0.870. The number of nitrogens with zero attached hydrogens (tertiary/aromatic N) is 4. The van der Waals surface area contributed by atoms with Crippen LogP contribution in [0.4, 0.5) is 5.95 Å². The van der Waals surface area contributed by atoms with E-state index in [-0.39, 0.29) is 0 Å². The molecule has 1 N–H and O–H groups in total. The highest BCUT2D eigenvalue weighted by atomic mass is 35.5. The van der Waals surface area contributed by atoms with Crippen molar-refractivity contribution < 1.29 is 9.47 Å². The van der Waals surface area contributed by atoms with Gasteiger partial charge in [0.1, 0.15) is 0 Å². The lowest BCUT2D eigenvalue weighted by Gasteiger charge is -2.12. The third-order valence-corrected chi connectivity index (χ3v) is 3.17. The lowest BCUT2D eigenvalue weighted by atomic mass is 10.2. The molecule has 0 radical (unpaired) electrons. The molecule has 20 heavy (non-hydrogen) atoms. The first-order chi connectivity index (χ1) is 9.69. The van der Waals surface area contributed by atoms with E-state index in [1.807, 2.05) is 13.0 Å². The molecule has 0 spiro atoms. The molecule has 1 aromatic carbocycles. The standard InChI is InChI=1S/C12H16ClN5O2/c1-4-18-12(15-16-17-18)14-7-8-5-10(19-2)11(20-3)6-9(8)13/h5-6H,4,7H2,1-3H3,(H,14,15,17). The molecule has 2 aromatic rings. The fourth-order valence-corrected chi connectivity index (χ4v) is 1.97. The number of aromatic nitrogens is 4. The number of halogens is 1. The van der Waals surface area contributed by atoms with Crippen molar-refractivity contribution >= 4 is 17.5 Å². The van der Waals surface area contributed by atoms with Crippen LogP contribution in [0.5, 0.6) is 11.5 Å². The Morgan fingerprint density at radius 2 is 1.95 bits per heavy atom. The molecule has 0 aliphatic heterocycles. The number of aryl methyl sites for hydroxylation is 1. The quantitative estimate of drug-likeness (QED) is 0.879. The number of anilines is 1. The Bertz CT molecular complexity index is 587. The summed E-state index contributed by atoms with van der Waals surface area (Å²) >= 11 is 6.22. The van der Waals surface area contributed by atoms with E-state index >= 15 is 0 Å². The molecular weight excluding hydrogens is 282 g/mol. The second-order valence-corrected chi connectivity index (χ2v) is 4.38. The molecular formula is C12H16ClN5O2. The predicted octanol–water partition coefficient (Wildman–Crippen LogP) is 1.98. The van der Waals surface area contributed by atoms with Gasteiger partial charge in [-0.1, -0.05) is 16.7 Å². The number of rotatable bonds is 6. The number of methoxy groups -OCH3 is 2. The van der Waals surface area contributed by atoms with E-state index < -0.39 is 0 Å². The van der Waals surface area contributed by atoms with E-state index in [4.69, 9.17) is 21.1 Å². The van der Waals surface area contributed by atoms with Crippen LogP contribution in [0.25, 0.3) is 0 Å². The van der Waals surface area contributed by atoms with Crippen LogP contribution < -0.4 is 14.8 Å². The van der Waals surface area contributed by atoms with Crippen LogP contribution in [-0.2, 0) is 13.1 Å². The smallest absolute Gasteiger partial charge is 0.243 e. The van der Waals surface area contributed by atoms with E-state index in [9.17, 15) is 0 Å². The summed E-state index contributed by atoms with van der Waals surface area (Å²) < 4.78 is 12.1. The molecule has 1 aromatic heterocycles. The van der Waals surface area contributed by atoms with Crippen molar-refractivity contribution in [2.24, 2.45) is 0 Å². The summed E-state index contributed by atoms with van der Waals surface area (Å²) in [6, 6.07) is 3.55. The average Bonchev–Trinajstić information content (AvgIpc) is 2.93. The second kappa shape index (κ2) is 6.42. The molecule has 1 heterocycles. The summed E-state index contributed by atoms with van der Waals surface area (Å²) in [6.45, 7) is 3.14. The van der Waals surface area contributed by atoms with Crippen LogP contribution in [-0.4, -0.2) is 34.4 Å². The molecule has 0 saturated heterocycles. The second-order valence-electron chi connectivity index (χ2n) is 3.97. The van der Waals surface area contributed by atoms with Gasteiger partial charge in [-0.05, 0) is 29.0 Å². The Morgan fingerprint density at radius 1 is 1.25 bits per heavy atom. The molecule has 8 heteroatoms. The maximum atomic E-state index is 6.22. The number of nitrogens with one attached hydrogen (secondary N) is 1. The maximum absolute atomic E-state index is 6.22. The van der Waals surface area contributed by atoms with Crippen LogP contribution in [0, 0.1) is 0 Å². The van der Waals surface area contributed by atoms with Crippen molar-refractivity contribution in [2.75, 3.05) is 19.5 Å². The largest absolute Gasteiger partial charge is 0.493 e. The van der Waals surface area contributed by atoms with E-state index in [0.717, 1.165) is 5.56 Å². The van der Waals surface area contributed by atoms with Crippen LogP contribution >= 0.6 is 11.6 Å². The average molecular weight is 298 g/mol. The summed E-state index contributed by atoms with van der Waals surface area (Å²) in [5, 5.41) is 15.1. The van der Waals surface area contributed by atoms with Gasteiger partial charge in [0.2, 0.25) is 5.95 Å². The van der Waals surface area contributed by atoms with Crippen molar-refractivity contribution in [3.05, 3.63) is 22.7 Å². The van der Waals surface area contributed by atoms with Gasteiger partial charge >= 0.3 is 0 Å². The van der Waals surface area contributed by atoms with Gasteiger partial charge in [-0.15, -0.1) is 0 Å². The Hall–Kier alpha value is -2.02. The first kappa shape index (κ1) is 14.4. The molecule has 2 rings (SSSR count). The molecule has 7 nitrogen and oxygen atoms in total. The van der Waals surface area contributed by atoms with E-state index in [1.54, 1.807) is 25.0 Å². The van der Waals surface area contributed by atoms with Gasteiger partial charge in [-0.2, -0.15) is 0 Å². The zero-order valence-corrected chi connectivity index (χ0v) is 12.3. The topological polar surface area (TPSA) is 74.1 Å². The molecule has 0 unspecified atom stereocenters. The third kappa shape index (κ3) is 2.93. The number of hydrogen-bond donors (Lipinski definition) is 1. The third-order valence-electron chi connectivity index (χ3n) is 2.82. The molecule has 0 aliphatic rings. The van der Waals surface area contributed by atoms with Crippen molar-refractivity contribution in [2.45, 2.75) is 20.0 Å². The SMILES string of the molecule is CCn1nnnc1NCc1cc(OC)c(OC)cc1Cl. The lowest BCUT2D eigenvalue weighted by molar-refractivity contribution is 0.354. The number of benzene rings is 1. The number of ether oxygens (including phenoxy) is 2. The summed E-state index contributed by atoms with van der Waals surface area (Å²) in [6.07, 6.45) is 0. The Kier molecular flexibility index (Phi) is 4.62. The molecule has 0 bridgehead atoms. The van der Waals surface area contributed by atoms with Crippen molar-refractivity contribution in [3.8, 4) is 11.5 Å². The minimum Gasteiger partial charge on any atom is -0.493 e. The number of tetrazole rings is 1. The van der Waals surface area contributed by atoms with Gasteiger partial charge in [-0.25, -0.2) is 4.68 Å². The molecule has 108 valence electrons. The maximum Gasteiger partial charge on any atom is 0.243 e. The first-order valence-electron chi connectivity index (χ1n) is 6.10.